The summed E-state index contributed by atoms with van der Waals surface area (Å²) in [5.41, 5.74) is 0.189. The molecule has 0 rings (SSSR count). The molecule has 0 aliphatic rings. The van der Waals surface area contributed by atoms with Gasteiger partial charge in [0.05, 0.1) is 12.7 Å². The van der Waals surface area contributed by atoms with Gasteiger partial charge in [-0.25, -0.2) is 0 Å². The van der Waals surface area contributed by atoms with Gasteiger partial charge in [-0.2, -0.15) is 0 Å². The van der Waals surface area contributed by atoms with Crippen molar-refractivity contribution in [2.24, 2.45) is 5.41 Å². The molecule has 62 valence electrons. The summed E-state index contributed by atoms with van der Waals surface area (Å²) in [6.45, 7) is 6.73. The van der Waals surface area contributed by atoms with Crippen LogP contribution < -0.4 is 0 Å². The largest absolute Gasteiger partial charge is 0.391 e. The van der Waals surface area contributed by atoms with Crippen molar-refractivity contribution in [3.63, 3.8) is 0 Å². The molecule has 1 unspecified atom stereocenters. The van der Waals surface area contributed by atoms with Crippen molar-refractivity contribution in [2.45, 2.75) is 33.3 Å². The van der Waals surface area contributed by atoms with E-state index in [4.69, 9.17) is 3.07 Å². The van der Waals surface area contributed by atoms with Crippen LogP contribution in [0.1, 0.15) is 27.2 Å². The van der Waals surface area contributed by atoms with Crippen LogP contribution in [0.2, 0.25) is 0 Å². The Hall–Kier alpha value is 0.650. The lowest BCUT2D eigenvalue weighted by Crippen LogP contribution is -2.20. The molecule has 2 nitrogen and oxygen atoms in total. The standard InChI is InChI=1S/C7H15IO2/c1-7(2,3)4-6(9)5-10-8/h6,9H,4-5H2,1-3H3. The van der Waals surface area contributed by atoms with Gasteiger partial charge in [0.15, 0.2) is 0 Å². The molecule has 0 aromatic carbocycles. The van der Waals surface area contributed by atoms with Gasteiger partial charge in [-0.15, -0.1) is 0 Å². The smallest absolute Gasteiger partial charge is 0.109 e. The molecule has 0 fully saturated rings. The zero-order chi connectivity index (χ0) is 8.20. The normalized spacial score (nSPS) is 15.3. The second kappa shape index (κ2) is 4.51. The molecule has 0 amide bonds. The van der Waals surface area contributed by atoms with Crippen LogP contribution in [0.4, 0.5) is 0 Å². The predicted molar refractivity (Wildman–Crippen MR) is 50.1 cm³/mol. The van der Waals surface area contributed by atoms with Crippen LogP contribution in [0.25, 0.3) is 0 Å². The van der Waals surface area contributed by atoms with Crippen molar-refractivity contribution in [3.8, 4) is 0 Å². The van der Waals surface area contributed by atoms with E-state index in [1.54, 1.807) is 23.0 Å². The SMILES string of the molecule is CC(C)(C)CC(O)COI. The minimum Gasteiger partial charge on any atom is -0.391 e. The van der Waals surface area contributed by atoms with E-state index >= 15 is 0 Å². The predicted octanol–water partition coefficient (Wildman–Crippen LogP) is 2.15. The van der Waals surface area contributed by atoms with E-state index in [0.717, 1.165) is 6.42 Å². The number of rotatable bonds is 3. The maximum Gasteiger partial charge on any atom is 0.109 e. The van der Waals surface area contributed by atoms with E-state index in [9.17, 15) is 5.11 Å². The third-order valence-electron chi connectivity index (χ3n) is 1.10. The molecule has 0 bridgehead atoms. The Morgan fingerprint density at radius 2 is 2.00 bits per heavy atom. The van der Waals surface area contributed by atoms with Crippen LogP contribution in [-0.2, 0) is 3.07 Å². The van der Waals surface area contributed by atoms with Crippen LogP contribution >= 0.6 is 23.0 Å². The summed E-state index contributed by atoms with van der Waals surface area (Å²) in [5, 5.41) is 9.25. The summed E-state index contributed by atoms with van der Waals surface area (Å²) in [5.74, 6) is 0. The second-order valence-electron chi connectivity index (χ2n) is 3.69. The molecular formula is C7H15IO2. The summed E-state index contributed by atoms with van der Waals surface area (Å²) >= 11 is 1.79. The summed E-state index contributed by atoms with van der Waals surface area (Å²) in [6, 6.07) is 0. The molecule has 1 atom stereocenters. The fourth-order valence-corrected chi connectivity index (χ4v) is 1.25. The highest BCUT2D eigenvalue weighted by Gasteiger charge is 2.16. The lowest BCUT2D eigenvalue weighted by atomic mass is 9.89. The van der Waals surface area contributed by atoms with E-state index in [1.807, 2.05) is 0 Å². The molecule has 0 aliphatic carbocycles. The highest BCUT2D eigenvalue weighted by atomic mass is 127. The van der Waals surface area contributed by atoms with Gasteiger partial charge < -0.3 is 8.17 Å². The molecule has 0 aromatic rings. The van der Waals surface area contributed by atoms with Crippen molar-refractivity contribution in [1.29, 1.82) is 0 Å². The van der Waals surface area contributed by atoms with Gasteiger partial charge in [0, 0.05) is 0 Å². The van der Waals surface area contributed by atoms with Crippen molar-refractivity contribution in [2.75, 3.05) is 6.61 Å². The second-order valence-corrected chi connectivity index (χ2v) is 4.32. The lowest BCUT2D eigenvalue weighted by molar-refractivity contribution is 0.0868. The Morgan fingerprint density at radius 3 is 2.30 bits per heavy atom. The maximum atomic E-state index is 9.25. The Bertz CT molecular complexity index is 88.1. The molecule has 0 spiro atoms. The first-order valence-corrected chi connectivity index (χ1v) is 4.25. The fourth-order valence-electron chi connectivity index (χ4n) is 0.839. The Balaban J connectivity index is 3.47. The summed E-state index contributed by atoms with van der Waals surface area (Å²) in [4.78, 5) is 0. The summed E-state index contributed by atoms with van der Waals surface area (Å²) in [6.07, 6.45) is 0.465. The molecule has 0 aromatic heterocycles. The molecule has 3 heteroatoms. The maximum absolute atomic E-state index is 9.25. The topological polar surface area (TPSA) is 29.5 Å². The Labute approximate surface area is 76.7 Å². The molecule has 0 saturated heterocycles. The van der Waals surface area contributed by atoms with Gasteiger partial charge in [0.1, 0.15) is 23.0 Å². The summed E-state index contributed by atoms with van der Waals surface area (Å²) < 4.78 is 4.77. The van der Waals surface area contributed by atoms with Crippen LogP contribution in [0.3, 0.4) is 0 Å². The third kappa shape index (κ3) is 6.77. The van der Waals surface area contributed by atoms with Crippen LogP contribution in [0.5, 0.6) is 0 Å². The zero-order valence-electron chi connectivity index (χ0n) is 6.72. The molecule has 1 N–H and O–H groups in total. The molecule has 10 heavy (non-hydrogen) atoms. The van der Waals surface area contributed by atoms with Gasteiger partial charge in [-0.05, 0) is 11.8 Å². The van der Waals surface area contributed by atoms with E-state index in [1.165, 1.54) is 0 Å². The molecule has 0 aliphatic heterocycles. The highest BCUT2D eigenvalue weighted by molar-refractivity contribution is 14.1. The minimum atomic E-state index is -0.322. The van der Waals surface area contributed by atoms with Crippen molar-refractivity contribution in [3.05, 3.63) is 0 Å². The van der Waals surface area contributed by atoms with Gasteiger partial charge in [0.25, 0.3) is 0 Å². The lowest BCUT2D eigenvalue weighted by Gasteiger charge is -2.21. The van der Waals surface area contributed by atoms with Crippen molar-refractivity contribution in [1.82, 2.24) is 0 Å². The first-order chi connectivity index (χ1) is 4.45. The molecular weight excluding hydrogens is 243 g/mol. The minimum absolute atomic E-state index is 0.189. The molecule has 0 radical (unpaired) electrons. The molecule has 0 heterocycles. The average molecular weight is 258 g/mol. The quantitative estimate of drug-likeness (QED) is 0.786. The first-order valence-electron chi connectivity index (χ1n) is 3.37. The van der Waals surface area contributed by atoms with Crippen LogP contribution in [-0.4, -0.2) is 17.8 Å². The number of hydrogen-bond acceptors (Lipinski definition) is 2. The first kappa shape index (κ1) is 10.7. The van der Waals surface area contributed by atoms with Gasteiger partial charge in [-0.1, -0.05) is 20.8 Å². The average Bonchev–Trinajstić information content (AvgIpc) is 1.59. The summed E-state index contributed by atoms with van der Waals surface area (Å²) in [7, 11) is 0. The van der Waals surface area contributed by atoms with E-state index in [0.29, 0.717) is 6.61 Å². The van der Waals surface area contributed by atoms with Crippen LogP contribution in [0.15, 0.2) is 0 Å². The fraction of sp³-hybridized carbons (Fsp3) is 1.00. The zero-order valence-corrected chi connectivity index (χ0v) is 8.88. The number of aliphatic hydroxyl groups excluding tert-OH is 1. The number of hydrogen-bond donors (Lipinski definition) is 1. The van der Waals surface area contributed by atoms with Crippen LogP contribution in [0, 0.1) is 5.41 Å². The van der Waals surface area contributed by atoms with Gasteiger partial charge in [0.2, 0.25) is 0 Å². The van der Waals surface area contributed by atoms with Crippen molar-refractivity contribution >= 4 is 23.0 Å². The molecule has 0 saturated carbocycles. The van der Waals surface area contributed by atoms with E-state index in [-0.39, 0.29) is 11.5 Å². The van der Waals surface area contributed by atoms with E-state index < -0.39 is 0 Å². The third-order valence-corrected chi connectivity index (χ3v) is 1.46. The van der Waals surface area contributed by atoms with E-state index in [2.05, 4.69) is 20.8 Å². The number of aliphatic hydroxyl groups is 1. The Morgan fingerprint density at radius 1 is 1.50 bits per heavy atom. The highest BCUT2D eigenvalue weighted by Crippen LogP contribution is 2.20. The monoisotopic (exact) mass is 258 g/mol. The van der Waals surface area contributed by atoms with Gasteiger partial charge >= 0.3 is 0 Å². The number of halogens is 1. The van der Waals surface area contributed by atoms with Gasteiger partial charge in [-0.3, -0.25) is 0 Å². The Kier molecular flexibility index (Phi) is 4.81. The van der Waals surface area contributed by atoms with Crippen molar-refractivity contribution < 1.29 is 8.17 Å².